The van der Waals surface area contributed by atoms with Crippen LogP contribution in [0.15, 0.2) is 11.6 Å². The highest BCUT2D eigenvalue weighted by Gasteiger charge is 2.16. The molecule has 0 saturated heterocycles. The van der Waals surface area contributed by atoms with Gasteiger partial charge in [-0.25, -0.2) is 4.98 Å². The minimum Gasteiger partial charge on any atom is -0.357 e. The number of nitrogens with zero attached hydrogens (tertiary/aromatic N) is 3. The van der Waals surface area contributed by atoms with Gasteiger partial charge in [0.25, 0.3) is 0 Å². The number of fused-ring (bicyclic) bond motifs is 1. The van der Waals surface area contributed by atoms with Crippen LogP contribution in [0, 0.1) is 5.92 Å². The van der Waals surface area contributed by atoms with Gasteiger partial charge < -0.3 is 10.2 Å². The maximum absolute atomic E-state index is 4.78. The molecule has 0 radical (unpaired) electrons. The van der Waals surface area contributed by atoms with Crippen LogP contribution in [0.5, 0.6) is 0 Å². The van der Waals surface area contributed by atoms with Crippen molar-refractivity contribution in [3.05, 3.63) is 17.3 Å². The van der Waals surface area contributed by atoms with Gasteiger partial charge in [-0.15, -0.1) is 11.3 Å². The second-order valence-electron chi connectivity index (χ2n) is 5.38. The number of hydrogen-bond donors (Lipinski definition) is 1. The first kappa shape index (κ1) is 15.7. The van der Waals surface area contributed by atoms with Crippen LogP contribution >= 0.6 is 23.1 Å². The van der Waals surface area contributed by atoms with Crippen LogP contribution < -0.4 is 10.2 Å². The molecule has 4 nitrogen and oxygen atoms in total. The summed E-state index contributed by atoms with van der Waals surface area (Å²) in [6.07, 6.45) is 4.26. The molecule has 0 spiro atoms. The van der Waals surface area contributed by atoms with Gasteiger partial charge in [0, 0.05) is 37.5 Å². The zero-order valence-electron chi connectivity index (χ0n) is 12.7. The first-order valence-electron chi connectivity index (χ1n) is 6.98. The molecular formula is C14H24N4S2. The quantitative estimate of drug-likeness (QED) is 0.812. The van der Waals surface area contributed by atoms with Gasteiger partial charge in [0.2, 0.25) is 0 Å². The second kappa shape index (κ2) is 7.33. The van der Waals surface area contributed by atoms with Crippen molar-refractivity contribution < 1.29 is 0 Å². The average Bonchev–Trinajstić information content (AvgIpc) is 2.97. The monoisotopic (exact) mass is 312 g/mol. The van der Waals surface area contributed by atoms with Crippen molar-refractivity contribution in [3.8, 4) is 0 Å². The molecule has 0 aliphatic carbocycles. The molecule has 2 rings (SSSR count). The van der Waals surface area contributed by atoms with Crippen molar-refractivity contribution in [3.63, 3.8) is 0 Å². The fraction of sp³-hybridized carbons (Fsp3) is 0.643. The Morgan fingerprint density at radius 2 is 2.30 bits per heavy atom. The van der Waals surface area contributed by atoms with E-state index in [1.807, 2.05) is 11.8 Å². The van der Waals surface area contributed by atoms with Crippen molar-refractivity contribution in [1.82, 2.24) is 14.7 Å². The summed E-state index contributed by atoms with van der Waals surface area (Å²) in [7, 11) is 2.13. The lowest BCUT2D eigenvalue weighted by atomic mass is 10.2. The van der Waals surface area contributed by atoms with E-state index in [0.29, 0.717) is 5.92 Å². The molecule has 2 aromatic heterocycles. The lowest BCUT2D eigenvalue weighted by Gasteiger charge is -2.18. The van der Waals surface area contributed by atoms with Crippen molar-refractivity contribution in [1.29, 1.82) is 0 Å². The molecule has 0 saturated carbocycles. The van der Waals surface area contributed by atoms with Gasteiger partial charge >= 0.3 is 0 Å². The Balaban J connectivity index is 2.17. The summed E-state index contributed by atoms with van der Waals surface area (Å²) in [5, 5.41) is 5.63. The van der Waals surface area contributed by atoms with Gasteiger partial charge in [0.05, 0.1) is 5.69 Å². The zero-order valence-corrected chi connectivity index (χ0v) is 14.4. The summed E-state index contributed by atoms with van der Waals surface area (Å²) < 4.78 is 2.21. The van der Waals surface area contributed by atoms with Crippen LogP contribution in [0.3, 0.4) is 0 Å². The zero-order chi connectivity index (χ0) is 14.5. The Kier molecular flexibility index (Phi) is 5.74. The average molecular weight is 313 g/mol. The van der Waals surface area contributed by atoms with E-state index in [1.165, 1.54) is 5.69 Å². The fourth-order valence-corrected chi connectivity index (χ4v) is 3.29. The summed E-state index contributed by atoms with van der Waals surface area (Å²) in [6.45, 7) is 7.40. The van der Waals surface area contributed by atoms with Crippen LogP contribution in [0.25, 0.3) is 4.96 Å². The Bertz CT molecular complexity index is 532. The topological polar surface area (TPSA) is 32.6 Å². The third-order valence-electron chi connectivity index (χ3n) is 3.18. The second-order valence-corrected chi connectivity index (χ2v) is 7.24. The summed E-state index contributed by atoms with van der Waals surface area (Å²) in [5.41, 5.74) is 1.27. The number of anilines is 1. The SMILES string of the molecule is CSCCN(C)c1nc2sccn2c1CNCC(C)C. The molecule has 2 heterocycles. The molecular weight excluding hydrogens is 288 g/mol. The van der Waals surface area contributed by atoms with Crippen LogP contribution in [0.1, 0.15) is 19.5 Å². The molecule has 0 aliphatic heterocycles. The van der Waals surface area contributed by atoms with Gasteiger partial charge in [-0.1, -0.05) is 13.8 Å². The fourth-order valence-electron chi connectivity index (χ4n) is 2.10. The van der Waals surface area contributed by atoms with Crippen molar-refractivity contribution >= 4 is 33.9 Å². The minimum absolute atomic E-state index is 0.665. The normalized spacial score (nSPS) is 11.7. The molecule has 112 valence electrons. The van der Waals surface area contributed by atoms with E-state index >= 15 is 0 Å². The van der Waals surface area contributed by atoms with Crippen LogP contribution in [-0.2, 0) is 6.54 Å². The van der Waals surface area contributed by atoms with E-state index in [0.717, 1.165) is 36.2 Å². The van der Waals surface area contributed by atoms with Crippen molar-refractivity contribution in [2.24, 2.45) is 5.92 Å². The van der Waals surface area contributed by atoms with Crippen LogP contribution in [-0.4, -0.2) is 41.5 Å². The maximum atomic E-state index is 4.78. The molecule has 20 heavy (non-hydrogen) atoms. The van der Waals surface area contributed by atoms with E-state index in [2.05, 4.69) is 53.3 Å². The standard InChI is InChI=1S/C14H24N4S2/c1-11(2)9-15-10-12-13(17(3)5-7-19-4)16-14-18(12)6-8-20-14/h6,8,11,15H,5,7,9-10H2,1-4H3. The van der Waals surface area contributed by atoms with Gasteiger partial charge in [0.1, 0.15) is 0 Å². The number of nitrogens with one attached hydrogen (secondary N) is 1. The molecule has 0 unspecified atom stereocenters. The summed E-state index contributed by atoms with van der Waals surface area (Å²) in [6, 6.07) is 0. The maximum Gasteiger partial charge on any atom is 0.195 e. The number of hydrogen-bond acceptors (Lipinski definition) is 5. The number of thioether (sulfide) groups is 1. The number of rotatable bonds is 8. The third kappa shape index (κ3) is 3.68. The summed E-state index contributed by atoms with van der Waals surface area (Å²) >= 11 is 3.57. The number of thiazole rings is 1. The molecule has 6 heteroatoms. The molecule has 1 N–H and O–H groups in total. The van der Waals surface area contributed by atoms with Crippen molar-refractivity contribution in [2.75, 3.05) is 37.0 Å². The Labute approximate surface area is 129 Å². The lowest BCUT2D eigenvalue weighted by molar-refractivity contribution is 0.547. The molecule has 0 fully saturated rings. The van der Waals surface area contributed by atoms with Gasteiger partial charge in [0.15, 0.2) is 10.8 Å². The minimum atomic E-state index is 0.665. The first-order chi connectivity index (χ1) is 9.63. The van der Waals surface area contributed by atoms with Crippen molar-refractivity contribution in [2.45, 2.75) is 20.4 Å². The summed E-state index contributed by atoms with van der Waals surface area (Å²) in [5.74, 6) is 2.90. The van der Waals surface area contributed by atoms with E-state index in [4.69, 9.17) is 4.98 Å². The highest BCUT2D eigenvalue weighted by atomic mass is 32.2. The Morgan fingerprint density at radius 3 is 3.00 bits per heavy atom. The highest BCUT2D eigenvalue weighted by Crippen LogP contribution is 2.24. The molecule has 0 aromatic carbocycles. The first-order valence-corrected chi connectivity index (χ1v) is 9.26. The number of aromatic nitrogens is 2. The predicted molar refractivity (Wildman–Crippen MR) is 91.3 cm³/mol. The lowest BCUT2D eigenvalue weighted by Crippen LogP contribution is -2.25. The van der Waals surface area contributed by atoms with Gasteiger partial charge in [-0.2, -0.15) is 11.8 Å². The Morgan fingerprint density at radius 1 is 1.50 bits per heavy atom. The molecule has 0 aliphatic rings. The van der Waals surface area contributed by atoms with Crippen LogP contribution in [0.2, 0.25) is 0 Å². The van der Waals surface area contributed by atoms with E-state index in [1.54, 1.807) is 11.3 Å². The third-order valence-corrected chi connectivity index (χ3v) is 4.52. The Hall–Kier alpha value is -0.720. The molecule has 0 atom stereocenters. The van der Waals surface area contributed by atoms with E-state index < -0.39 is 0 Å². The number of imidazole rings is 1. The van der Waals surface area contributed by atoms with Gasteiger partial charge in [-0.05, 0) is 18.7 Å². The predicted octanol–water partition coefficient (Wildman–Crippen LogP) is 2.94. The van der Waals surface area contributed by atoms with E-state index in [9.17, 15) is 0 Å². The smallest absolute Gasteiger partial charge is 0.195 e. The molecule has 0 bridgehead atoms. The summed E-state index contributed by atoms with van der Waals surface area (Å²) in [4.78, 5) is 8.13. The van der Waals surface area contributed by atoms with E-state index in [-0.39, 0.29) is 0 Å². The largest absolute Gasteiger partial charge is 0.357 e. The van der Waals surface area contributed by atoms with Gasteiger partial charge in [-0.3, -0.25) is 4.40 Å². The molecule has 2 aromatic rings. The molecule has 0 amide bonds. The van der Waals surface area contributed by atoms with Crippen LogP contribution in [0.4, 0.5) is 5.82 Å². The highest BCUT2D eigenvalue weighted by molar-refractivity contribution is 7.98.